The molecule has 7 aromatic carbocycles. The van der Waals surface area contributed by atoms with Gasteiger partial charge in [-0.1, -0.05) is 91.0 Å². The van der Waals surface area contributed by atoms with E-state index in [9.17, 15) is 0 Å². The Morgan fingerprint density at radius 2 is 0.978 bits per heavy atom. The number of para-hydroxylation sites is 1. The number of aromatic nitrogens is 2. The van der Waals surface area contributed by atoms with Gasteiger partial charge in [0.05, 0.1) is 22.1 Å². The Bertz CT molecular complexity index is 2880. The van der Waals surface area contributed by atoms with E-state index in [0.29, 0.717) is 0 Å². The number of hydrogen-bond acceptors (Lipinski definition) is 0. The summed E-state index contributed by atoms with van der Waals surface area (Å²) in [6, 6.07) is 49.9. The molecular formula is C44H28N2. The van der Waals surface area contributed by atoms with Crippen LogP contribution in [0.15, 0.2) is 133 Å². The van der Waals surface area contributed by atoms with E-state index < -0.39 is 0 Å². The van der Waals surface area contributed by atoms with Crippen LogP contribution in [0.5, 0.6) is 0 Å². The largest absolute Gasteiger partial charge is 0.310 e. The first-order chi connectivity index (χ1) is 22.8. The van der Waals surface area contributed by atoms with Crippen molar-refractivity contribution in [3.63, 3.8) is 0 Å². The van der Waals surface area contributed by atoms with Gasteiger partial charge in [0.15, 0.2) is 0 Å². The Labute approximate surface area is 264 Å². The van der Waals surface area contributed by atoms with Gasteiger partial charge in [-0.3, -0.25) is 0 Å². The third-order valence-corrected chi connectivity index (χ3v) is 10.4. The summed E-state index contributed by atoms with van der Waals surface area (Å²) in [7, 11) is 0. The normalized spacial score (nSPS) is 13.4. The van der Waals surface area contributed by atoms with Gasteiger partial charge < -0.3 is 8.97 Å². The predicted octanol–water partition coefficient (Wildman–Crippen LogP) is 10.1. The zero-order valence-electron chi connectivity index (χ0n) is 25.2. The minimum absolute atomic E-state index is 1.09. The maximum atomic E-state index is 2.51. The Morgan fingerprint density at radius 1 is 0.413 bits per heavy atom. The Balaban J connectivity index is 1.19. The van der Waals surface area contributed by atoms with Crippen molar-refractivity contribution in [3.05, 3.63) is 144 Å². The molecule has 2 nitrogen and oxygen atoms in total. The van der Waals surface area contributed by atoms with Crippen LogP contribution in [0.25, 0.3) is 99.5 Å². The highest BCUT2D eigenvalue weighted by molar-refractivity contribution is 6.27. The second kappa shape index (κ2) is 8.87. The second-order valence-electron chi connectivity index (χ2n) is 12.9. The lowest BCUT2D eigenvalue weighted by molar-refractivity contribution is 1.02. The molecule has 2 heteroatoms. The van der Waals surface area contributed by atoms with Gasteiger partial charge in [-0.2, -0.15) is 0 Å². The van der Waals surface area contributed by atoms with Crippen molar-refractivity contribution < 1.29 is 0 Å². The van der Waals surface area contributed by atoms with Gasteiger partial charge in [-0.25, -0.2) is 0 Å². The van der Waals surface area contributed by atoms with Crippen molar-refractivity contribution in [2.75, 3.05) is 0 Å². The van der Waals surface area contributed by atoms with Gasteiger partial charge in [0.25, 0.3) is 0 Å². The fourth-order valence-corrected chi connectivity index (χ4v) is 8.31. The molecule has 0 atom stereocenters. The third-order valence-electron chi connectivity index (χ3n) is 10.4. The van der Waals surface area contributed by atoms with Crippen LogP contribution in [0.2, 0.25) is 0 Å². The first kappa shape index (κ1) is 24.5. The van der Waals surface area contributed by atoms with Crippen molar-refractivity contribution in [3.8, 4) is 16.8 Å². The van der Waals surface area contributed by atoms with Crippen molar-refractivity contribution in [2.45, 2.75) is 12.8 Å². The first-order valence-electron chi connectivity index (χ1n) is 16.3. The van der Waals surface area contributed by atoms with E-state index in [4.69, 9.17) is 0 Å². The maximum absolute atomic E-state index is 2.51. The van der Waals surface area contributed by atoms with Crippen LogP contribution in [0.1, 0.15) is 12.8 Å². The minimum atomic E-state index is 1.09. The quantitative estimate of drug-likeness (QED) is 0.191. The lowest BCUT2D eigenvalue weighted by atomic mass is 9.97. The zero-order chi connectivity index (χ0) is 29.9. The standard InChI is InChI=1S/C44H28N2/c1-3-11-30-25-42-36(21-28(30)9-1)38-23-32(24-39-37-22-29-10-2-4-12-31(29)26-43(37)46(42)44(38)39)27-17-19-33(20-18-27)45-40-15-7-5-13-34(40)35-14-6-8-16-41(35)45/h1-5,7,9-26H,6,8H2. The lowest BCUT2D eigenvalue weighted by Gasteiger charge is -2.10. The van der Waals surface area contributed by atoms with Gasteiger partial charge in [-0.05, 0) is 100 Å². The fourth-order valence-electron chi connectivity index (χ4n) is 8.31. The lowest BCUT2D eigenvalue weighted by Crippen LogP contribution is -2.30. The highest BCUT2D eigenvalue weighted by atomic mass is 15.0. The van der Waals surface area contributed by atoms with E-state index in [2.05, 4.69) is 155 Å². The first-order valence-corrected chi connectivity index (χ1v) is 16.3. The topological polar surface area (TPSA) is 9.34 Å². The van der Waals surface area contributed by atoms with Crippen LogP contribution in [0.4, 0.5) is 0 Å². The smallest absolute Gasteiger partial charge is 0.0620 e. The monoisotopic (exact) mass is 584 g/mol. The van der Waals surface area contributed by atoms with Crippen molar-refractivity contribution >= 4 is 82.7 Å². The average molecular weight is 585 g/mol. The van der Waals surface area contributed by atoms with Gasteiger partial charge in [0, 0.05) is 43.2 Å². The molecule has 0 amide bonds. The van der Waals surface area contributed by atoms with Crippen LogP contribution < -0.4 is 10.6 Å². The van der Waals surface area contributed by atoms with E-state index in [-0.39, 0.29) is 0 Å². The van der Waals surface area contributed by atoms with Crippen LogP contribution in [0, 0.1) is 0 Å². The van der Waals surface area contributed by atoms with Gasteiger partial charge in [0.1, 0.15) is 0 Å². The van der Waals surface area contributed by atoms with Crippen LogP contribution in [0.3, 0.4) is 0 Å². The average Bonchev–Trinajstić information content (AvgIpc) is 3.74. The molecule has 10 aromatic rings. The van der Waals surface area contributed by atoms with Crippen LogP contribution in [-0.2, 0) is 0 Å². The summed E-state index contributed by atoms with van der Waals surface area (Å²) in [4.78, 5) is 0. The molecule has 0 aliphatic heterocycles. The molecule has 3 aromatic heterocycles. The SMILES string of the molecule is C1=c2c(n(-c3ccc(-c4cc5c6cc7ccccc7cc6n6c7cc8ccccc8cc7c(c4)c56)cc3)c3ccccc23)=CCC1. The number of benzene rings is 7. The summed E-state index contributed by atoms with van der Waals surface area (Å²) >= 11 is 0. The molecule has 46 heavy (non-hydrogen) atoms. The van der Waals surface area contributed by atoms with Gasteiger partial charge in [-0.15, -0.1) is 0 Å². The molecular weight excluding hydrogens is 556 g/mol. The van der Waals surface area contributed by atoms with Crippen LogP contribution >= 0.6 is 0 Å². The van der Waals surface area contributed by atoms with E-state index in [1.807, 2.05) is 0 Å². The van der Waals surface area contributed by atoms with E-state index in [0.717, 1.165) is 12.8 Å². The Morgan fingerprint density at radius 3 is 1.63 bits per heavy atom. The molecule has 0 saturated carbocycles. The summed E-state index contributed by atoms with van der Waals surface area (Å²) in [5.41, 5.74) is 8.82. The molecule has 1 aliphatic rings. The van der Waals surface area contributed by atoms with E-state index in [1.54, 1.807) is 0 Å². The predicted molar refractivity (Wildman–Crippen MR) is 196 cm³/mol. The van der Waals surface area contributed by atoms with Crippen molar-refractivity contribution in [1.82, 2.24) is 8.97 Å². The summed E-state index contributed by atoms with van der Waals surface area (Å²) in [5, 5.41) is 14.4. The summed E-state index contributed by atoms with van der Waals surface area (Å²) < 4.78 is 4.95. The number of nitrogens with zero attached hydrogens (tertiary/aromatic N) is 2. The molecule has 0 fully saturated rings. The summed E-state index contributed by atoms with van der Waals surface area (Å²) in [6.45, 7) is 0. The Kier molecular flexibility index (Phi) is 4.71. The molecule has 0 unspecified atom stereocenters. The molecule has 0 N–H and O–H groups in total. The molecule has 0 saturated heterocycles. The highest BCUT2D eigenvalue weighted by Gasteiger charge is 2.20. The Hall–Kier alpha value is -5.86. The molecule has 0 bridgehead atoms. The summed E-state index contributed by atoms with van der Waals surface area (Å²) in [6.07, 6.45) is 7.00. The summed E-state index contributed by atoms with van der Waals surface area (Å²) in [5.74, 6) is 0. The number of rotatable bonds is 2. The van der Waals surface area contributed by atoms with Gasteiger partial charge >= 0.3 is 0 Å². The highest BCUT2D eigenvalue weighted by Crippen LogP contribution is 2.43. The maximum Gasteiger partial charge on any atom is 0.0620 e. The number of hydrogen-bond donors (Lipinski definition) is 0. The number of fused-ring (bicyclic) bond motifs is 11. The zero-order valence-corrected chi connectivity index (χ0v) is 25.2. The minimum Gasteiger partial charge on any atom is -0.310 e. The van der Waals surface area contributed by atoms with E-state index >= 15 is 0 Å². The fraction of sp³-hybridized carbons (Fsp3) is 0.0455. The van der Waals surface area contributed by atoms with Gasteiger partial charge in [0.2, 0.25) is 0 Å². The van der Waals surface area contributed by atoms with Crippen molar-refractivity contribution in [1.29, 1.82) is 0 Å². The molecule has 11 rings (SSSR count). The third kappa shape index (κ3) is 3.20. The van der Waals surface area contributed by atoms with E-state index in [1.165, 1.54) is 97.9 Å². The molecule has 0 radical (unpaired) electrons. The van der Waals surface area contributed by atoms with Crippen molar-refractivity contribution in [2.24, 2.45) is 0 Å². The molecule has 3 heterocycles. The molecule has 0 spiro atoms. The molecule has 214 valence electrons. The van der Waals surface area contributed by atoms with Crippen LogP contribution in [-0.4, -0.2) is 8.97 Å². The second-order valence-corrected chi connectivity index (χ2v) is 12.9. The molecule has 1 aliphatic carbocycles.